The fourth-order valence-electron chi connectivity index (χ4n) is 1.61. The molecular formula is C15H14. The third-order valence-corrected chi connectivity index (χ3v) is 2.39. The molecule has 0 nitrogen and oxygen atoms in total. The second kappa shape index (κ2) is 4.61. The largest absolute Gasteiger partial charge is 0.103 e. The van der Waals surface area contributed by atoms with Crippen molar-refractivity contribution in [3.8, 4) is 0 Å². The molecule has 0 N–H and O–H groups in total. The fourth-order valence-corrected chi connectivity index (χ4v) is 1.61. The molecule has 0 aliphatic heterocycles. The molecule has 0 aliphatic carbocycles. The van der Waals surface area contributed by atoms with Crippen LogP contribution in [0.1, 0.15) is 12.0 Å². The van der Waals surface area contributed by atoms with Crippen LogP contribution in [-0.4, -0.2) is 0 Å². The molecule has 2 aromatic rings. The average molecular weight is 194 g/mol. The van der Waals surface area contributed by atoms with E-state index in [1.807, 2.05) is 6.08 Å². The Hall–Kier alpha value is -1.82. The fraction of sp³-hybridized carbons (Fsp3) is 0.0667. The van der Waals surface area contributed by atoms with Crippen LogP contribution < -0.4 is 0 Å². The molecule has 0 radical (unpaired) electrons. The lowest BCUT2D eigenvalue weighted by molar-refractivity contribution is 1.42. The Morgan fingerprint density at radius 2 is 1.80 bits per heavy atom. The van der Waals surface area contributed by atoms with Crippen LogP contribution in [0.4, 0.5) is 0 Å². The summed E-state index contributed by atoms with van der Waals surface area (Å²) in [7, 11) is 0. The summed E-state index contributed by atoms with van der Waals surface area (Å²) in [4.78, 5) is 0. The Morgan fingerprint density at radius 1 is 1.00 bits per heavy atom. The predicted molar refractivity (Wildman–Crippen MR) is 67.8 cm³/mol. The first kappa shape index (κ1) is 9.72. The molecule has 74 valence electrons. The van der Waals surface area contributed by atoms with E-state index >= 15 is 0 Å². The summed E-state index contributed by atoms with van der Waals surface area (Å²) in [5.74, 6) is 0. The zero-order valence-corrected chi connectivity index (χ0v) is 8.69. The minimum atomic E-state index is 0.923. The minimum Gasteiger partial charge on any atom is -0.103 e. The second-order valence-electron chi connectivity index (χ2n) is 3.53. The number of hydrogen-bond acceptors (Lipinski definition) is 0. The summed E-state index contributed by atoms with van der Waals surface area (Å²) in [6.07, 6.45) is 7.08. The number of allylic oxidation sites excluding steroid dienone is 2. The van der Waals surface area contributed by atoms with Gasteiger partial charge in [-0.1, -0.05) is 54.6 Å². The Morgan fingerprint density at radius 3 is 2.60 bits per heavy atom. The molecule has 0 atom stereocenters. The summed E-state index contributed by atoms with van der Waals surface area (Å²) in [5.41, 5.74) is 1.25. The van der Waals surface area contributed by atoms with E-state index in [-0.39, 0.29) is 0 Å². The third kappa shape index (κ3) is 2.35. The molecule has 0 aliphatic rings. The maximum absolute atomic E-state index is 3.69. The first-order valence-corrected chi connectivity index (χ1v) is 5.16. The quantitative estimate of drug-likeness (QED) is 0.634. The average Bonchev–Trinajstić information content (AvgIpc) is 2.29. The molecule has 0 saturated heterocycles. The van der Waals surface area contributed by atoms with E-state index in [2.05, 4.69) is 61.2 Å². The van der Waals surface area contributed by atoms with Crippen LogP contribution in [0.2, 0.25) is 0 Å². The molecule has 0 fully saturated rings. The summed E-state index contributed by atoms with van der Waals surface area (Å²) >= 11 is 0. The van der Waals surface area contributed by atoms with Crippen molar-refractivity contribution in [3.63, 3.8) is 0 Å². The van der Waals surface area contributed by atoms with Crippen molar-refractivity contribution < 1.29 is 0 Å². The topological polar surface area (TPSA) is 0 Å². The van der Waals surface area contributed by atoms with E-state index in [9.17, 15) is 0 Å². The summed E-state index contributed by atoms with van der Waals surface area (Å²) in [6, 6.07) is 14.9. The van der Waals surface area contributed by atoms with Crippen molar-refractivity contribution in [2.24, 2.45) is 0 Å². The highest BCUT2D eigenvalue weighted by Crippen LogP contribution is 2.16. The summed E-state index contributed by atoms with van der Waals surface area (Å²) in [6.45, 7) is 3.69. The molecule has 2 rings (SSSR count). The number of fused-ring (bicyclic) bond motifs is 1. The van der Waals surface area contributed by atoms with Crippen LogP contribution in [-0.2, 0) is 0 Å². The highest BCUT2D eigenvalue weighted by Gasteiger charge is 1.91. The van der Waals surface area contributed by atoms with E-state index in [0.717, 1.165) is 6.42 Å². The lowest BCUT2D eigenvalue weighted by Crippen LogP contribution is -1.74. The van der Waals surface area contributed by atoms with Crippen molar-refractivity contribution >= 4 is 16.8 Å². The van der Waals surface area contributed by atoms with E-state index < -0.39 is 0 Å². The smallest absolute Gasteiger partial charge is 0.0169 e. The van der Waals surface area contributed by atoms with Crippen molar-refractivity contribution in [2.45, 2.75) is 6.42 Å². The normalized spacial score (nSPS) is 10.9. The van der Waals surface area contributed by atoms with Gasteiger partial charge in [0.1, 0.15) is 0 Å². The van der Waals surface area contributed by atoms with Crippen LogP contribution in [0.15, 0.2) is 61.2 Å². The first-order valence-electron chi connectivity index (χ1n) is 5.16. The van der Waals surface area contributed by atoms with Crippen molar-refractivity contribution in [2.75, 3.05) is 0 Å². The minimum absolute atomic E-state index is 0.923. The zero-order chi connectivity index (χ0) is 10.5. The highest BCUT2D eigenvalue weighted by atomic mass is 14.0. The molecule has 0 unspecified atom stereocenters. The maximum Gasteiger partial charge on any atom is -0.0169 e. The summed E-state index contributed by atoms with van der Waals surface area (Å²) in [5, 5.41) is 2.58. The third-order valence-electron chi connectivity index (χ3n) is 2.39. The molecule has 0 heterocycles. The lowest BCUT2D eigenvalue weighted by atomic mass is 10.1. The maximum atomic E-state index is 3.69. The molecular weight excluding hydrogens is 180 g/mol. The number of rotatable bonds is 3. The van der Waals surface area contributed by atoms with Gasteiger partial charge in [-0.3, -0.25) is 0 Å². The van der Waals surface area contributed by atoms with Crippen LogP contribution in [0.5, 0.6) is 0 Å². The van der Waals surface area contributed by atoms with Crippen LogP contribution >= 0.6 is 0 Å². The van der Waals surface area contributed by atoms with E-state index in [4.69, 9.17) is 0 Å². The Kier molecular flexibility index (Phi) is 2.99. The number of hydrogen-bond donors (Lipinski definition) is 0. The molecule has 0 bridgehead atoms. The monoisotopic (exact) mass is 194 g/mol. The van der Waals surface area contributed by atoms with Gasteiger partial charge in [-0.15, -0.1) is 6.58 Å². The van der Waals surface area contributed by atoms with Gasteiger partial charge in [0.2, 0.25) is 0 Å². The molecule has 0 spiro atoms. The lowest BCUT2D eigenvalue weighted by Gasteiger charge is -1.98. The molecule has 0 aromatic heterocycles. The SMILES string of the molecule is C=CC/C=C/c1ccc2ccccc2c1. The van der Waals surface area contributed by atoms with Gasteiger partial charge in [-0.25, -0.2) is 0 Å². The molecule has 2 aromatic carbocycles. The number of benzene rings is 2. The Balaban J connectivity index is 2.34. The van der Waals surface area contributed by atoms with Gasteiger partial charge in [-0.05, 0) is 28.8 Å². The first-order chi connectivity index (χ1) is 7.40. The van der Waals surface area contributed by atoms with E-state index in [0.29, 0.717) is 0 Å². The Labute approximate surface area is 90.6 Å². The van der Waals surface area contributed by atoms with Crippen LogP contribution in [0.3, 0.4) is 0 Å². The van der Waals surface area contributed by atoms with Gasteiger partial charge < -0.3 is 0 Å². The summed E-state index contributed by atoms with van der Waals surface area (Å²) < 4.78 is 0. The molecule has 15 heavy (non-hydrogen) atoms. The van der Waals surface area contributed by atoms with Crippen LogP contribution in [0.25, 0.3) is 16.8 Å². The van der Waals surface area contributed by atoms with Gasteiger partial charge in [-0.2, -0.15) is 0 Å². The second-order valence-corrected chi connectivity index (χ2v) is 3.53. The van der Waals surface area contributed by atoms with Gasteiger partial charge in [0, 0.05) is 0 Å². The van der Waals surface area contributed by atoms with E-state index in [1.54, 1.807) is 0 Å². The van der Waals surface area contributed by atoms with Gasteiger partial charge in [0.25, 0.3) is 0 Å². The predicted octanol–water partition coefficient (Wildman–Crippen LogP) is 4.43. The van der Waals surface area contributed by atoms with Crippen LogP contribution in [0, 0.1) is 0 Å². The van der Waals surface area contributed by atoms with Crippen molar-refractivity contribution in [1.29, 1.82) is 0 Å². The van der Waals surface area contributed by atoms with Crippen molar-refractivity contribution in [3.05, 3.63) is 66.8 Å². The highest BCUT2D eigenvalue weighted by molar-refractivity contribution is 5.84. The van der Waals surface area contributed by atoms with E-state index in [1.165, 1.54) is 16.3 Å². The van der Waals surface area contributed by atoms with Gasteiger partial charge >= 0.3 is 0 Å². The standard InChI is InChI=1S/C15H14/c1-2-3-4-7-13-10-11-14-8-5-6-9-15(14)12-13/h2,4-12H,1,3H2/b7-4+. The molecule has 0 saturated carbocycles. The zero-order valence-electron chi connectivity index (χ0n) is 8.69. The Bertz CT molecular complexity index is 492. The molecule has 0 heteroatoms. The molecule has 0 amide bonds. The van der Waals surface area contributed by atoms with Crippen molar-refractivity contribution in [1.82, 2.24) is 0 Å². The van der Waals surface area contributed by atoms with Gasteiger partial charge in [0.15, 0.2) is 0 Å². The van der Waals surface area contributed by atoms with Gasteiger partial charge in [0.05, 0.1) is 0 Å².